The average Bonchev–Trinajstić information content (AvgIpc) is 3.11. The summed E-state index contributed by atoms with van der Waals surface area (Å²) in [5, 5.41) is 2.85. The van der Waals surface area contributed by atoms with E-state index in [1.807, 2.05) is 42.5 Å². The zero-order valence-electron chi connectivity index (χ0n) is 13.1. The van der Waals surface area contributed by atoms with E-state index in [4.69, 9.17) is 4.74 Å². The van der Waals surface area contributed by atoms with Crippen LogP contribution in [0.1, 0.15) is 19.3 Å². The average molecular weight is 311 g/mol. The van der Waals surface area contributed by atoms with Gasteiger partial charge in [-0.05, 0) is 37.1 Å². The summed E-state index contributed by atoms with van der Waals surface area (Å²) in [6, 6.07) is 13.3. The van der Waals surface area contributed by atoms with Crippen molar-refractivity contribution in [3.8, 4) is 5.75 Å². The Morgan fingerprint density at radius 1 is 1.13 bits per heavy atom. The molecule has 0 aliphatic carbocycles. The molecule has 0 radical (unpaired) electrons. The molecule has 3 rings (SSSR count). The third-order valence-corrected chi connectivity index (χ3v) is 3.80. The Morgan fingerprint density at radius 2 is 1.91 bits per heavy atom. The molecule has 1 fully saturated rings. The van der Waals surface area contributed by atoms with Gasteiger partial charge in [-0.15, -0.1) is 0 Å². The van der Waals surface area contributed by atoms with Crippen LogP contribution in [0.2, 0.25) is 0 Å². The summed E-state index contributed by atoms with van der Waals surface area (Å²) in [4.78, 5) is 18.6. The van der Waals surface area contributed by atoms with Crippen LogP contribution in [0.4, 0.5) is 11.5 Å². The van der Waals surface area contributed by atoms with E-state index >= 15 is 0 Å². The van der Waals surface area contributed by atoms with Crippen LogP contribution in [0.25, 0.3) is 0 Å². The standard InChI is InChI=1S/C18H21N3O2/c22-18(10-13-23-16-6-2-1-3-7-16)20-15-8-9-17(19-14-15)21-11-4-5-12-21/h1-3,6-9,14H,4-5,10-13H2,(H,20,22). The summed E-state index contributed by atoms with van der Waals surface area (Å²) in [7, 11) is 0. The Hall–Kier alpha value is -2.56. The first kappa shape index (κ1) is 15.3. The van der Waals surface area contributed by atoms with Crippen LogP contribution in [0.3, 0.4) is 0 Å². The van der Waals surface area contributed by atoms with Gasteiger partial charge in [-0.25, -0.2) is 4.98 Å². The van der Waals surface area contributed by atoms with E-state index in [9.17, 15) is 4.79 Å². The highest BCUT2D eigenvalue weighted by Crippen LogP contribution is 2.19. The number of pyridine rings is 1. The predicted molar refractivity (Wildman–Crippen MR) is 90.9 cm³/mol. The van der Waals surface area contributed by atoms with Crippen molar-refractivity contribution in [2.75, 3.05) is 29.9 Å². The molecule has 1 aromatic heterocycles. The van der Waals surface area contributed by atoms with Crippen LogP contribution in [0.15, 0.2) is 48.7 Å². The van der Waals surface area contributed by atoms with Crippen molar-refractivity contribution >= 4 is 17.4 Å². The topological polar surface area (TPSA) is 54.5 Å². The molecule has 1 aliphatic heterocycles. The van der Waals surface area contributed by atoms with Gasteiger partial charge < -0.3 is 15.0 Å². The fraction of sp³-hybridized carbons (Fsp3) is 0.333. The molecular weight excluding hydrogens is 290 g/mol. The van der Waals surface area contributed by atoms with Gasteiger partial charge in [0.2, 0.25) is 5.91 Å². The minimum absolute atomic E-state index is 0.0725. The predicted octanol–water partition coefficient (Wildman–Crippen LogP) is 3.09. The summed E-state index contributed by atoms with van der Waals surface area (Å²) in [6.45, 7) is 2.49. The number of anilines is 2. The Labute approximate surface area is 136 Å². The van der Waals surface area contributed by atoms with Crippen molar-refractivity contribution in [2.45, 2.75) is 19.3 Å². The molecule has 1 saturated heterocycles. The lowest BCUT2D eigenvalue weighted by atomic mass is 10.3. The maximum Gasteiger partial charge on any atom is 0.227 e. The van der Waals surface area contributed by atoms with E-state index < -0.39 is 0 Å². The van der Waals surface area contributed by atoms with Gasteiger partial charge >= 0.3 is 0 Å². The number of nitrogens with one attached hydrogen (secondary N) is 1. The second-order valence-electron chi connectivity index (χ2n) is 5.56. The highest BCUT2D eigenvalue weighted by Gasteiger charge is 2.13. The first-order valence-corrected chi connectivity index (χ1v) is 8.00. The Kier molecular flexibility index (Phi) is 5.09. The normalized spacial score (nSPS) is 13.8. The first-order chi connectivity index (χ1) is 11.3. The molecule has 0 spiro atoms. The van der Waals surface area contributed by atoms with Crippen molar-refractivity contribution < 1.29 is 9.53 Å². The molecule has 1 N–H and O–H groups in total. The number of amides is 1. The molecule has 120 valence electrons. The molecule has 5 nitrogen and oxygen atoms in total. The monoisotopic (exact) mass is 311 g/mol. The first-order valence-electron chi connectivity index (χ1n) is 8.00. The number of benzene rings is 1. The number of nitrogens with zero attached hydrogens (tertiary/aromatic N) is 2. The highest BCUT2D eigenvalue weighted by atomic mass is 16.5. The number of hydrogen-bond donors (Lipinski definition) is 1. The molecule has 23 heavy (non-hydrogen) atoms. The fourth-order valence-corrected chi connectivity index (χ4v) is 2.60. The van der Waals surface area contributed by atoms with E-state index in [2.05, 4.69) is 15.2 Å². The van der Waals surface area contributed by atoms with Gasteiger partial charge in [-0.3, -0.25) is 4.79 Å². The number of ether oxygens (including phenoxy) is 1. The molecule has 0 bridgehead atoms. The smallest absolute Gasteiger partial charge is 0.227 e. The summed E-state index contributed by atoms with van der Waals surface area (Å²) in [6.07, 6.45) is 4.47. The van der Waals surface area contributed by atoms with Crippen LogP contribution in [0, 0.1) is 0 Å². The molecule has 1 aromatic carbocycles. The molecule has 1 amide bonds. The van der Waals surface area contributed by atoms with Gasteiger partial charge in [0, 0.05) is 13.1 Å². The van der Waals surface area contributed by atoms with Crippen molar-refractivity contribution in [2.24, 2.45) is 0 Å². The Balaban J connectivity index is 1.44. The molecule has 0 atom stereocenters. The lowest BCUT2D eigenvalue weighted by molar-refractivity contribution is -0.116. The summed E-state index contributed by atoms with van der Waals surface area (Å²) >= 11 is 0. The molecule has 0 saturated carbocycles. The van der Waals surface area contributed by atoms with Gasteiger partial charge in [-0.2, -0.15) is 0 Å². The summed E-state index contributed by atoms with van der Waals surface area (Å²) in [5.41, 5.74) is 0.720. The minimum atomic E-state index is -0.0725. The third kappa shape index (κ3) is 4.45. The van der Waals surface area contributed by atoms with Crippen molar-refractivity contribution in [1.29, 1.82) is 0 Å². The molecular formula is C18H21N3O2. The minimum Gasteiger partial charge on any atom is -0.493 e. The van der Waals surface area contributed by atoms with E-state index in [-0.39, 0.29) is 5.91 Å². The van der Waals surface area contributed by atoms with Gasteiger partial charge in [0.15, 0.2) is 0 Å². The summed E-state index contributed by atoms with van der Waals surface area (Å²) in [5.74, 6) is 1.68. The Morgan fingerprint density at radius 3 is 2.61 bits per heavy atom. The fourth-order valence-electron chi connectivity index (χ4n) is 2.60. The lowest BCUT2D eigenvalue weighted by Crippen LogP contribution is -2.19. The maximum absolute atomic E-state index is 11.9. The number of para-hydroxylation sites is 1. The van der Waals surface area contributed by atoms with Crippen LogP contribution in [0.5, 0.6) is 5.75 Å². The lowest BCUT2D eigenvalue weighted by Gasteiger charge is -2.16. The van der Waals surface area contributed by atoms with Gasteiger partial charge in [0.25, 0.3) is 0 Å². The van der Waals surface area contributed by atoms with E-state index in [1.54, 1.807) is 6.20 Å². The third-order valence-electron chi connectivity index (χ3n) is 3.80. The van der Waals surface area contributed by atoms with Gasteiger partial charge in [-0.1, -0.05) is 18.2 Å². The van der Waals surface area contributed by atoms with Crippen LogP contribution >= 0.6 is 0 Å². The van der Waals surface area contributed by atoms with E-state index in [0.717, 1.165) is 30.3 Å². The van der Waals surface area contributed by atoms with E-state index in [1.165, 1.54) is 12.8 Å². The van der Waals surface area contributed by atoms with Crippen molar-refractivity contribution in [3.63, 3.8) is 0 Å². The SMILES string of the molecule is O=C(CCOc1ccccc1)Nc1ccc(N2CCCC2)nc1. The zero-order chi connectivity index (χ0) is 15.9. The van der Waals surface area contributed by atoms with Crippen LogP contribution in [-0.4, -0.2) is 30.6 Å². The Bertz CT molecular complexity index is 622. The molecule has 5 heteroatoms. The number of rotatable bonds is 6. The molecule has 0 unspecified atom stereocenters. The molecule has 2 aromatic rings. The maximum atomic E-state index is 11.9. The molecule has 1 aliphatic rings. The van der Waals surface area contributed by atoms with Gasteiger partial charge in [0.1, 0.15) is 11.6 Å². The summed E-state index contributed by atoms with van der Waals surface area (Å²) < 4.78 is 5.52. The molecule has 2 heterocycles. The number of carbonyl (C=O) groups is 1. The van der Waals surface area contributed by atoms with E-state index in [0.29, 0.717) is 13.0 Å². The largest absolute Gasteiger partial charge is 0.493 e. The number of aromatic nitrogens is 1. The van der Waals surface area contributed by atoms with Crippen LogP contribution < -0.4 is 15.0 Å². The number of carbonyl (C=O) groups excluding carboxylic acids is 1. The highest BCUT2D eigenvalue weighted by molar-refractivity contribution is 5.90. The van der Waals surface area contributed by atoms with Gasteiger partial charge in [0.05, 0.1) is 24.9 Å². The quantitative estimate of drug-likeness (QED) is 0.890. The second kappa shape index (κ2) is 7.63. The zero-order valence-corrected chi connectivity index (χ0v) is 13.1. The van der Waals surface area contributed by atoms with Crippen LogP contribution in [-0.2, 0) is 4.79 Å². The number of hydrogen-bond acceptors (Lipinski definition) is 4. The van der Waals surface area contributed by atoms with Crippen molar-refractivity contribution in [1.82, 2.24) is 4.98 Å². The van der Waals surface area contributed by atoms with Crippen molar-refractivity contribution in [3.05, 3.63) is 48.7 Å². The second-order valence-corrected chi connectivity index (χ2v) is 5.56.